The van der Waals surface area contributed by atoms with Gasteiger partial charge >= 0.3 is 5.97 Å². The summed E-state index contributed by atoms with van der Waals surface area (Å²) in [5.74, 6) is -2.06. The molecule has 4 rings (SSSR count). The largest absolute Gasteiger partial charge is 0.479 e. The van der Waals surface area contributed by atoms with Gasteiger partial charge in [0, 0.05) is 33.1 Å². The van der Waals surface area contributed by atoms with Gasteiger partial charge in [-0.3, -0.25) is 9.59 Å². The van der Waals surface area contributed by atoms with Crippen molar-refractivity contribution in [1.29, 1.82) is 0 Å². The van der Waals surface area contributed by atoms with Gasteiger partial charge in [0.1, 0.15) is 12.2 Å². The fourth-order valence-electron chi connectivity index (χ4n) is 5.42. The highest BCUT2D eigenvalue weighted by molar-refractivity contribution is 7.98. The lowest BCUT2D eigenvalue weighted by Gasteiger charge is -2.45. The van der Waals surface area contributed by atoms with Gasteiger partial charge in [-0.1, -0.05) is 18.2 Å². The monoisotopic (exact) mass is 577 g/mol. The molecular formula is C27H31NO11S. The predicted octanol–water partition coefficient (Wildman–Crippen LogP) is 0.173. The van der Waals surface area contributed by atoms with E-state index in [1.54, 1.807) is 24.5 Å². The number of aliphatic carboxylic acids is 1. The second kappa shape index (κ2) is 11.2. The van der Waals surface area contributed by atoms with Crippen molar-refractivity contribution in [2.24, 2.45) is 0 Å². The molecule has 0 radical (unpaired) electrons. The molecule has 2 aliphatic rings. The number of hydrogen-bond acceptors (Lipinski definition) is 11. The quantitative estimate of drug-likeness (QED) is 0.202. The number of carbonyl (C=O) groups excluding carboxylic acids is 1. The molecule has 40 heavy (non-hydrogen) atoms. The molecule has 1 aliphatic heterocycles. The minimum Gasteiger partial charge on any atom is -0.479 e. The average Bonchev–Trinajstić information content (AvgIpc) is 3.15. The summed E-state index contributed by atoms with van der Waals surface area (Å²) in [6.45, 7) is 1.31. The standard InChI is InChI=1S/C27H31NO11S/c1-12(29)28-26(38-3)11-19(37-2)16-9-13(27(36)23(32)21(31)22(24(33)34)39-25(27)35)5-6-14(16)15-7-8-20(40-4)18(30)10-17(15)26/h5-10,19,21-23,25,31-32,35-36H,11H2,1-4H3,(H,28,29)(H,33,34)/t19?,21-,22+,23+,25-,26+,27-/m1/s1. The van der Waals surface area contributed by atoms with Crippen LogP contribution in [0.15, 0.2) is 46.1 Å². The summed E-state index contributed by atoms with van der Waals surface area (Å²) in [6.07, 6.45) is -7.49. The summed E-state index contributed by atoms with van der Waals surface area (Å²) >= 11 is 1.25. The van der Waals surface area contributed by atoms with Gasteiger partial charge in [0.05, 0.1) is 11.0 Å². The van der Waals surface area contributed by atoms with Crippen LogP contribution in [0.4, 0.5) is 0 Å². The molecule has 216 valence electrons. The SMILES string of the molecule is COC1C[C@](NC(C)=O)(OC)c2cc(=O)c(SC)ccc2-c2ccc([C@]3(O)[C@H](O)O[C@H](C(=O)O)[C@@H](O)[C@@H]3O)cc21. The van der Waals surface area contributed by atoms with Crippen molar-refractivity contribution < 1.29 is 49.3 Å². The maximum Gasteiger partial charge on any atom is 0.335 e. The lowest BCUT2D eigenvalue weighted by atomic mass is 9.79. The summed E-state index contributed by atoms with van der Waals surface area (Å²) in [7, 11) is 2.80. The highest BCUT2D eigenvalue weighted by Crippen LogP contribution is 2.48. The third-order valence-electron chi connectivity index (χ3n) is 7.48. The molecule has 0 aromatic heterocycles. The van der Waals surface area contributed by atoms with Crippen molar-refractivity contribution in [3.8, 4) is 11.1 Å². The van der Waals surface area contributed by atoms with Crippen LogP contribution in [0, 0.1) is 0 Å². The summed E-state index contributed by atoms with van der Waals surface area (Å²) in [5, 5.41) is 55.3. The summed E-state index contributed by atoms with van der Waals surface area (Å²) in [5.41, 5.74) is -2.70. The highest BCUT2D eigenvalue weighted by atomic mass is 32.2. The number of carboxylic acid groups (broad SMARTS) is 1. The molecule has 1 saturated heterocycles. The minimum atomic E-state index is -2.63. The molecule has 1 heterocycles. The minimum absolute atomic E-state index is 0.0230. The molecule has 2 aromatic carbocycles. The van der Waals surface area contributed by atoms with Crippen molar-refractivity contribution in [3.05, 3.63) is 63.3 Å². The Kier molecular flexibility index (Phi) is 8.41. The van der Waals surface area contributed by atoms with E-state index < -0.39 is 53.9 Å². The van der Waals surface area contributed by atoms with Crippen molar-refractivity contribution >= 4 is 23.6 Å². The number of thioether (sulfide) groups is 1. The van der Waals surface area contributed by atoms with Gasteiger partial charge in [-0.2, -0.15) is 0 Å². The topological polar surface area (TPSA) is 192 Å². The van der Waals surface area contributed by atoms with Crippen LogP contribution in [-0.4, -0.2) is 82.5 Å². The van der Waals surface area contributed by atoms with Gasteiger partial charge in [-0.15, -0.1) is 11.8 Å². The number of fused-ring (bicyclic) bond motifs is 3. The normalized spacial score (nSPS) is 31.4. The third-order valence-corrected chi connectivity index (χ3v) is 8.26. The molecule has 6 N–H and O–H groups in total. The zero-order chi connectivity index (χ0) is 29.6. The van der Waals surface area contributed by atoms with Crippen molar-refractivity contribution in [2.45, 2.75) is 60.3 Å². The Morgan fingerprint density at radius 1 is 1.10 bits per heavy atom. The van der Waals surface area contributed by atoms with E-state index in [0.717, 1.165) is 0 Å². The number of amides is 1. The molecule has 7 atom stereocenters. The Hall–Kier alpha value is -2.88. The van der Waals surface area contributed by atoms with Crippen molar-refractivity contribution in [2.75, 3.05) is 20.5 Å². The Morgan fingerprint density at radius 2 is 1.77 bits per heavy atom. The molecule has 2 aromatic rings. The predicted molar refractivity (Wildman–Crippen MR) is 141 cm³/mol. The molecule has 1 unspecified atom stereocenters. The van der Waals surface area contributed by atoms with E-state index in [2.05, 4.69) is 5.32 Å². The first-order chi connectivity index (χ1) is 18.8. The van der Waals surface area contributed by atoms with Gasteiger partial charge in [-0.05, 0) is 46.7 Å². The van der Waals surface area contributed by atoms with Crippen LogP contribution in [0.3, 0.4) is 0 Å². The Morgan fingerprint density at radius 3 is 2.35 bits per heavy atom. The van der Waals surface area contributed by atoms with Crippen LogP contribution in [-0.2, 0) is 35.1 Å². The first kappa shape index (κ1) is 30.1. The third kappa shape index (κ3) is 4.82. The van der Waals surface area contributed by atoms with E-state index >= 15 is 0 Å². The maximum absolute atomic E-state index is 13.1. The van der Waals surface area contributed by atoms with Crippen LogP contribution >= 0.6 is 11.8 Å². The summed E-state index contributed by atoms with van der Waals surface area (Å²) in [6, 6.07) is 9.11. The first-order valence-electron chi connectivity index (χ1n) is 12.2. The van der Waals surface area contributed by atoms with Crippen LogP contribution in [0.1, 0.15) is 36.1 Å². The summed E-state index contributed by atoms with van der Waals surface area (Å²) in [4.78, 5) is 37.3. The van der Waals surface area contributed by atoms with Crippen LogP contribution < -0.4 is 10.7 Å². The van der Waals surface area contributed by atoms with Crippen LogP contribution in [0.5, 0.6) is 0 Å². The zero-order valence-electron chi connectivity index (χ0n) is 22.2. The fraction of sp³-hybridized carbons (Fsp3) is 0.444. The number of rotatable bonds is 6. The molecule has 0 bridgehead atoms. The number of benzene rings is 1. The number of hydrogen-bond donors (Lipinski definition) is 6. The van der Waals surface area contributed by atoms with Crippen LogP contribution in [0.2, 0.25) is 0 Å². The molecule has 1 amide bonds. The lowest BCUT2D eigenvalue weighted by Crippen LogP contribution is -2.65. The van der Waals surface area contributed by atoms with E-state index in [1.807, 2.05) is 0 Å². The van der Waals surface area contributed by atoms with Gasteiger partial charge in [0.15, 0.2) is 29.1 Å². The zero-order valence-corrected chi connectivity index (χ0v) is 23.0. The Labute approximate surface area is 233 Å². The number of carboxylic acids is 1. The highest BCUT2D eigenvalue weighted by Gasteiger charge is 2.57. The number of ether oxygens (including phenoxy) is 3. The molecule has 1 fully saturated rings. The lowest BCUT2D eigenvalue weighted by molar-refractivity contribution is -0.327. The van der Waals surface area contributed by atoms with Gasteiger partial charge in [0.25, 0.3) is 0 Å². The fourth-order valence-corrected chi connectivity index (χ4v) is 5.89. The molecule has 1 aliphatic carbocycles. The van der Waals surface area contributed by atoms with Crippen molar-refractivity contribution in [3.63, 3.8) is 0 Å². The molecule has 0 spiro atoms. The van der Waals surface area contributed by atoms with Gasteiger partial charge < -0.3 is 45.1 Å². The number of nitrogens with one attached hydrogen (secondary N) is 1. The second-order valence-corrected chi connectivity index (χ2v) is 10.5. The second-order valence-electron chi connectivity index (χ2n) is 9.69. The number of carbonyl (C=O) groups is 2. The van der Waals surface area contributed by atoms with E-state index in [-0.39, 0.29) is 17.4 Å². The Balaban J connectivity index is 1.98. The van der Waals surface area contributed by atoms with Gasteiger partial charge in [0.2, 0.25) is 5.91 Å². The summed E-state index contributed by atoms with van der Waals surface area (Å²) < 4.78 is 16.7. The van der Waals surface area contributed by atoms with E-state index in [0.29, 0.717) is 27.1 Å². The number of methoxy groups -OCH3 is 2. The van der Waals surface area contributed by atoms with E-state index in [9.17, 15) is 39.9 Å². The number of aliphatic hydroxyl groups is 4. The molecule has 12 nitrogen and oxygen atoms in total. The molecule has 0 saturated carbocycles. The van der Waals surface area contributed by atoms with Gasteiger partial charge in [-0.25, -0.2) is 4.79 Å². The smallest absolute Gasteiger partial charge is 0.335 e. The maximum atomic E-state index is 13.1. The van der Waals surface area contributed by atoms with Crippen molar-refractivity contribution in [1.82, 2.24) is 5.32 Å². The van der Waals surface area contributed by atoms with E-state index in [1.165, 1.54) is 51.1 Å². The van der Waals surface area contributed by atoms with Crippen LogP contribution in [0.25, 0.3) is 11.1 Å². The molecular weight excluding hydrogens is 546 g/mol. The number of aliphatic hydroxyl groups excluding tert-OH is 3. The Bertz CT molecular complexity index is 1390. The molecule has 13 heteroatoms. The average molecular weight is 578 g/mol. The first-order valence-corrected chi connectivity index (χ1v) is 13.5. The van der Waals surface area contributed by atoms with E-state index in [4.69, 9.17) is 14.2 Å².